The highest BCUT2D eigenvalue weighted by Gasteiger charge is 1.99. The zero-order valence-corrected chi connectivity index (χ0v) is 11.8. The molecule has 21 heavy (non-hydrogen) atoms. The van der Waals surface area contributed by atoms with Crippen molar-refractivity contribution in [2.24, 2.45) is 0 Å². The first-order chi connectivity index (χ1) is 10.3. The maximum atomic E-state index is 11.6. The first-order valence-electron chi connectivity index (χ1n) is 6.71. The van der Waals surface area contributed by atoms with Crippen LogP contribution in [0, 0.1) is 0 Å². The van der Waals surface area contributed by atoms with Gasteiger partial charge in [0.2, 0.25) is 5.91 Å². The number of hydrogen-bond donors (Lipinski definition) is 1. The fourth-order valence-corrected chi connectivity index (χ4v) is 1.67. The number of amides is 1. The topological polar surface area (TPSA) is 38.3 Å². The molecule has 0 aliphatic carbocycles. The molecule has 0 aliphatic rings. The van der Waals surface area contributed by atoms with E-state index in [0.29, 0.717) is 0 Å². The summed E-state index contributed by atoms with van der Waals surface area (Å²) in [5, 5.41) is 2.78. The van der Waals surface area contributed by atoms with E-state index in [1.807, 2.05) is 55.5 Å². The number of carbonyl (C=O) groups is 1. The van der Waals surface area contributed by atoms with Crippen LogP contribution >= 0.6 is 0 Å². The molecule has 2 rings (SSSR count). The first-order valence-corrected chi connectivity index (χ1v) is 6.71. The van der Waals surface area contributed by atoms with Crippen LogP contribution in [0.3, 0.4) is 0 Å². The summed E-state index contributed by atoms with van der Waals surface area (Å²) in [7, 11) is 0. The lowest BCUT2D eigenvalue weighted by Crippen LogP contribution is -2.07. The number of rotatable bonds is 5. The van der Waals surface area contributed by atoms with E-state index in [9.17, 15) is 4.79 Å². The van der Waals surface area contributed by atoms with Crippen molar-refractivity contribution in [3.8, 4) is 11.5 Å². The van der Waals surface area contributed by atoms with Gasteiger partial charge < -0.3 is 10.1 Å². The fraction of sp³-hybridized carbons (Fsp3) is 0.0556. The summed E-state index contributed by atoms with van der Waals surface area (Å²) in [6.45, 7) is 1.90. The van der Waals surface area contributed by atoms with Gasteiger partial charge in [0.1, 0.15) is 11.5 Å². The molecule has 3 heteroatoms. The van der Waals surface area contributed by atoms with E-state index in [4.69, 9.17) is 4.74 Å². The maximum Gasteiger partial charge on any atom is 0.248 e. The van der Waals surface area contributed by atoms with Crippen LogP contribution in [0.5, 0.6) is 11.5 Å². The molecule has 0 heterocycles. The number of benzene rings is 2. The monoisotopic (exact) mass is 279 g/mol. The average Bonchev–Trinajstić information content (AvgIpc) is 2.51. The molecule has 106 valence electrons. The Balaban J connectivity index is 1.94. The molecule has 0 spiro atoms. The molecular weight excluding hydrogens is 262 g/mol. The molecule has 0 aliphatic heterocycles. The zero-order valence-electron chi connectivity index (χ0n) is 11.8. The van der Waals surface area contributed by atoms with Gasteiger partial charge in [0.25, 0.3) is 0 Å². The van der Waals surface area contributed by atoms with E-state index >= 15 is 0 Å². The van der Waals surface area contributed by atoms with E-state index in [-0.39, 0.29) is 5.91 Å². The van der Waals surface area contributed by atoms with Gasteiger partial charge in [-0.25, -0.2) is 0 Å². The molecule has 1 N–H and O–H groups in total. The van der Waals surface area contributed by atoms with Crippen molar-refractivity contribution >= 4 is 11.6 Å². The van der Waals surface area contributed by atoms with Crippen molar-refractivity contribution in [2.45, 2.75) is 6.92 Å². The summed E-state index contributed by atoms with van der Waals surface area (Å²) in [5.74, 6) is 1.34. The molecule has 0 unspecified atom stereocenters. The normalized spacial score (nSPS) is 10.9. The van der Waals surface area contributed by atoms with E-state index in [1.54, 1.807) is 24.3 Å². The molecule has 0 atom stereocenters. The second-order valence-corrected chi connectivity index (χ2v) is 4.31. The lowest BCUT2D eigenvalue weighted by atomic mass is 10.3. The fourth-order valence-electron chi connectivity index (χ4n) is 1.67. The molecule has 0 aromatic heterocycles. The third-order valence-corrected chi connectivity index (χ3v) is 2.65. The van der Waals surface area contributed by atoms with Crippen LogP contribution in [0.4, 0.5) is 5.69 Å². The third-order valence-electron chi connectivity index (χ3n) is 2.65. The van der Waals surface area contributed by atoms with Crippen molar-refractivity contribution in [3.05, 3.63) is 78.9 Å². The van der Waals surface area contributed by atoms with Crippen LogP contribution in [0.1, 0.15) is 6.92 Å². The molecule has 0 radical (unpaired) electrons. The van der Waals surface area contributed by atoms with Crippen LogP contribution in [0.15, 0.2) is 78.9 Å². The van der Waals surface area contributed by atoms with Crippen LogP contribution < -0.4 is 10.1 Å². The highest BCUT2D eigenvalue weighted by Crippen LogP contribution is 2.22. The van der Waals surface area contributed by atoms with Crippen molar-refractivity contribution in [2.75, 3.05) is 5.32 Å². The Kier molecular flexibility index (Phi) is 5.35. The van der Waals surface area contributed by atoms with E-state index in [1.165, 1.54) is 6.08 Å². The van der Waals surface area contributed by atoms with Gasteiger partial charge in [-0.05, 0) is 43.3 Å². The van der Waals surface area contributed by atoms with Gasteiger partial charge in [-0.15, -0.1) is 0 Å². The molecule has 0 saturated heterocycles. The van der Waals surface area contributed by atoms with Gasteiger partial charge in [-0.1, -0.05) is 36.4 Å². The Hall–Kier alpha value is -2.81. The number of carbonyl (C=O) groups excluding carboxylic acids is 1. The summed E-state index contributed by atoms with van der Waals surface area (Å²) < 4.78 is 5.68. The summed E-state index contributed by atoms with van der Waals surface area (Å²) in [4.78, 5) is 11.6. The molecule has 1 amide bonds. The molecular formula is C18H17NO2. The third kappa shape index (κ3) is 4.99. The highest BCUT2D eigenvalue weighted by molar-refractivity contribution is 5.99. The number of nitrogens with one attached hydrogen (secondary N) is 1. The van der Waals surface area contributed by atoms with Crippen molar-refractivity contribution < 1.29 is 9.53 Å². The van der Waals surface area contributed by atoms with Crippen LogP contribution in [0.2, 0.25) is 0 Å². The van der Waals surface area contributed by atoms with E-state index < -0.39 is 0 Å². The number of hydrogen-bond acceptors (Lipinski definition) is 2. The summed E-state index contributed by atoms with van der Waals surface area (Å²) in [6.07, 6.45) is 6.84. The minimum Gasteiger partial charge on any atom is -0.457 e. The first kappa shape index (κ1) is 14.6. The largest absolute Gasteiger partial charge is 0.457 e. The van der Waals surface area contributed by atoms with Gasteiger partial charge >= 0.3 is 0 Å². The van der Waals surface area contributed by atoms with Gasteiger partial charge in [0, 0.05) is 11.8 Å². The maximum absolute atomic E-state index is 11.6. The molecule has 3 nitrogen and oxygen atoms in total. The molecule has 2 aromatic rings. The van der Waals surface area contributed by atoms with Gasteiger partial charge in [0.15, 0.2) is 0 Å². The smallest absolute Gasteiger partial charge is 0.248 e. The number of anilines is 1. The average molecular weight is 279 g/mol. The minimum absolute atomic E-state index is 0.162. The van der Waals surface area contributed by atoms with Gasteiger partial charge in [0.05, 0.1) is 0 Å². The van der Waals surface area contributed by atoms with Crippen LogP contribution in [-0.2, 0) is 4.79 Å². The second kappa shape index (κ2) is 7.70. The summed E-state index contributed by atoms with van der Waals surface area (Å²) in [6, 6.07) is 16.8. The standard InChI is InChI=1S/C18H17NO2/c1-2-3-5-10-18(20)19-15-11-13-17(14-12-15)21-16-8-6-4-7-9-16/h2-14H,1H3,(H,19,20)/b3-2+,10-5+. The van der Waals surface area contributed by atoms with Crippen LogP contribution in [-0.4, -0.2) is 5.91 Å². The van der Waals surface area contributed by atoms with Crippen molar-refractivity contribution in [1.29, 1.82) is 0 Å². The minimum atomic E-state index is -0.162. The lowest BCUT2D eigenvalue weighted by molar-refractivity contribution is -0.111. The van der Waals surface area contributed by atoms with E-state index in [2.05, 4.69) is 5.32 Å². The number of ether oxygens (including phenoxy) is 1. The van der Waals surface area contributed by atoms with E-state index in [0.717, 1.165) is 17.2 Å². The molecule has 0 saturated carbocycles. The predicted molar refractivity (Wildman–Crippen MR) is 85.5 cm³/mol. The quantitative estimate of drug-likeness (QED) is 0.644. The summed E-state index contributed by atoms with van der Waals surface area (Å²) in [5.41, 5.74) is 0.727. The molecule has 0 bridgehead atoms. The Morgan fingerprint density at radius 2 is 1.62 bits per heavy atom. The summed E-state index contributed by atoms with van der Waals surface area (Å²) >= 11 is 0. The van der Waals surface area contributed by atoms with Crippen molar-refractivity contribution in [3.63, 3.8) is 0 Å². The highest BCUT2D eigenvalue weighted by atomic mass is 16.5. The van der Waals surface area contributed by atoms with Gasteiger partial charge in [-0.2, -0.15) is 0 Å². The Labute approximate surface area is 124 Å². The Morgan fingerprint density at radius 3 is 2.29 bits per heavy atom. The lowest BCUT2D eigenvalue weighted by Gasteiger charge is -2.07. The Bertz CT molecular complexity index is 628. The Morgan fingerprint density at radius 1 is 0.952 bits per heavy atom. The second-order valence-electron chi connectivity index (χ2n) is 4.31. The number of allylic oxidation sites excluding steroid dienone is 3. The predicted octanol–water partition coefficient (Wildman–Crippen LogP) is 4.55. The zero-order chi connectivity index (χ0) is 14.9. The molecule has 0 fully saturated rings. The van der Waals surface area contributed by atoms with Crippen molar-refractivity contribution in [1.82, 2.24) is 0 Å². The van der Waals surface area contributed by atoms with Gasteiger partial charge in [-0.3, -0.25) is 4.79 Å². The molecule has 2 aromatic carbocycles. The van der Waals surface area contributed by atoms with Crippen LogP contribution in [0.25, 0.3) is 0 Å². The number of para-hydroxylation sites is 1. The SMILES string of the molecule is C/C=C/C=C/C(=O)Nc1ccc(Oc2ccccc2)cc1.